The lowest BCUT2D eigenvalue weighted by molar-refractivity contribution is -0.122. The molecule has 2 atom stereocenters. The Balaban J connectivity index is 0.00000220. The van der Waals surface area contributed by atoms with Crippen molar-refractivity contribution in [1.82, 2.24) is 25.4 Å². The van der Waals surface area contributed by atoms with Crippen LogP contribution in [0.3, 0.4) is 0 Å². The number of halogens is 1. The molecule has 2 heterocycles. The molecule has 0 bridgehead atoms. The maximum Gasteiger partial charge on any atom is 0.220 e. The molecule has 1 saturated heterocycles. The van der Waals surface area contributed by atoms with Crippen molar-refractivity contribution in [2.24, 2.45) is 18.9 Å². The van der Waals surface area contributed by atoms with Crippen LogP contribution in [0.4, 0.5) is 0 Å². The number of rotatable bonds is 6. The monoisotopic (exact) mass is 315 g/mol. The highest BCUT2D eigenvalue weighted by molar-refractivity contribution is 5.85. The Bertz CT molecular complexity index is 431. The van der Waals surface area contributed by atoms with Crippen molar-refractivity contribution >= 4 is 18.3 Å². The van der Waals surface area contributed by atoms with Gasteiger partial charge in [-0.2, -0.15) is 5.10 Å². The predicted molar refractivity (Wildman–Crippen MR) is 84.3 cm³/mol. The van der Waals surface area contributed by atoms with Crippen molar-refractivity contribution in [3.63, 3.8) is 0 Å². The smallest absolute Gasteiger partial charge is 0.220 e. The number of hydrogen-bond donors (Lipinski definition) is 2. The zero-order valence-electron chi connectivity index (χ0n) is 12.8. The molecule has 1 amide bonds. The van der Waals surface area contributed by atoms with Gasteiger partial charge in [-0.15, -0.1) is 12.4 Å². The van der Waals surface area contributed by atoms with Crippen LogP contribution in [0.2, 0.25) is 0 Å². The molecule has 0 saturated carbocycles. The number of carbonyl (C=O) groups excluding carboxylic acids is 1. The number of aromatic nitrogens is 3. The van der Waals surface area contributed by atoms with Crippen LogP contribution in [-0.2, 0) is 18.3 Å². The van der Waals surface area contributed by atoms with Gasteiger partial charge in [-0.3, -0.25) is 9.48 Å². The summed E-state index contributed by atoms with van der Waals surface area (Å²) in [5.41, 5.74) is 0. The minimum absolute atomic E-state index is 0. The highest BCUT2D eigenvalue weighted by Gasteiger charge is 2.21. The number of piperidine rings is 1. The number of hydrogen-bond acceptors (Lipinski definition) is 4. The highest BCUT2D eigenvalue weighted by atomic mass is 35.5. The maximum atomic E-state index is 11.9. The molecule has 120 valence electrons. The van der Waals surface area contributed by atoms with E-state index in [4.69, 9.17) is 0 Å². The Morgan fingerprint density at radius 3 is 3.05 bits per heavy atom. The fourth-order valence-electron chi connectivity index (χ4n) is 2.71. The first-order valence-electron chi connectivity index (χ1n) is 7.47. The second kappa shape index (κ2) is 9.00. The van der Waals surface area contributed by atoms with Crippen molar-refractivity contribution in [1.29, 1.82) is 0 Å². The number of nitrogens with one attached hydrogen (secondary N) is 2. The molecule has 2 rings (SSSR count). The van der Waals surface area contributed by atoms with Crippen molar-refractivity contribution in [3.05, 3.63) is 12.2 Å². The molecule has 0 spiro atoms. The van der Waals surface area contributed by atoms with Crippen molar-refractivity contribution in [3.8, 4) is 0 Å². The number of amides is 1. The summed E-state index contributed by atoms with van der Waals surface area (Å²) in [4.78, 5) is 16.1. The molecule has 0 aliphatic carbocycles. The molecule has 7 heteroatoms. The summed E-state index contributed by atoms with van der Waals surface area (Å²) >= 11 is 0. The zero-order valence-corrected chi connectivity index (χ0v) is 13.7. The summed E-state index contributed by atoms with van der Waals surface area (Å²) in [6.07, 6.45) is 5.44. The van der Waals surface area contributed by atoms with Crippen LogP contribution < -0.4 is 10.6 Å². The van der Waals surface area contributed by atoms with Gasteiger partial charge in [0.05, 0.1) is 0 Å². The molecule has 1 aromatic rings. The van der Waals surface area contributed by atoms with E-state index in [0.29, 0.717) is 31.2 Å². The van der Waals surface area contributed by atoms with E-state index in [2.05, 4.69) is 27.6 Å². The Labute approximate surface area is 132 Å². The van der Waals surface area contributed by atoms with E-state index in [1.54, 1.807) is 11.0 Å². The highest BCUT2D eigenvalue weighted by Crippen LogP contribution is 2.22. The summed E-state index contributed by atoms with van der Waals surface area (Å²) in [7, 11) is 1.84. The summed E-state index contributed by atoms with van der Waals surface area (Å²) in [5.74, 6) is 1.99. The van der Waals surface area contributed by atoms with Crippen LogP contribution in [0.25, 0.3) is 0 Å². The van der Waals surface area contributed by atoms with E-state index >= 15 is 0 Å². The van der Waals surface area contributed by atoms with Gasteiger partial charge in [0, 0.05) is 26.4 Å². The lowest BCUT2D eigenvalue weighted by Gasteiger charge is -2.28. The third kappa shape index (κ3) is 6.01. The molecule has 21 heavy (non-hydrogen) atoms. The first kappa shape index (κ1) is 17.9. The lowest BCUT2D eigenvalue weighted by Crippen LogP contribution is -2.36. The molecule has 1 aliphatic heterocycles. The topological polar surface area (TPSA) is 71.8 Å². The van der Waals surface area contributed by atoms with Gasteiger partial charge in [0.2, 0.25) is 5.91 Å². The van der Waals surface area contributed by atoms with Gasteiger partial charge in [0.1, 0.15) is 6.33 Å². The van der Waals surface area contributed by atoms with Gasteiger partial charge in [-0.25, -0.2) is 4.98 Å². The van der Waals surface area contributed by atoms with E-state index in [-0.39, 0.29) is 18.3 Å². The van der Waals surface area contributed by atoms with Gasteiger partial charge in [0.15, 0.2) is 5.82 Å². The molecule has 0 radical (unpaired) electrons. The normalized spacial score (nSPS) is 19.6. The molecule has 1 aliphatic rings. The molecular formula is C14H26ClN5O. The maximum absolute atomic E-state index is 11.9. The first-order chi connectivity index (χ1) is 9.65. The van der Waals surface area contributed by atoms with Crippen LogP contribution in [0.5, 0.6) is 0 Å². The Kier molecular flexibility index (Phi) is 7.67. The van der Waals surface area contributed by atoms with E-state index in [1.807, 2.05) is 7.05 Å². The van der Waals surface area contributed by atoms with Crippen molar-refractivity contribution in [2.75, 3.05) is 19.6 Å². The first-order valence-corrected chi connectivity index (χ1v) is 7.47. The minimum Gasteiger partial charge on any atom is -0.356 e. The summed E-state index contributed by atoms with van der Waals surface area (Å²) in [5, 5.41) is 10.6. The predicted octanol–water partition coefficient (Wildman–Crippen LogP) is 0.921. The summed E-state index contributed by atoms with van der Waals surface area (Å²) in [6.45, 7) is 4.95. The van der Waals surface area contributed by atoms with Crippen LogP contribution in [0.1, 0.15) is 32.0 Å². The SMILES string of the molecule is CC(CC(=O)NCCc1ncn(C)n1)C1CCCNC1.Cl. The van der Waals surface area contributed by atoms with Gasteiger partial charge < -0.3 is 10.6 Å². The van der Waals surface area contributed by atoms with Gasteiger partial charge in [-0.1, -0.05) is 6.92 Å². The fraction of sp³-hybridized carbons (Fsp3) is 0.786. The molecule has 1 aromatic heterocycles. The Hall–Kier alpha value is -1.14. The Morgan fingerprint density at radius 1 is 1.62 bits per heavy atom. The van der Waals surface area contributed by atoms with E-state index in [1.165, 1.54) is 12.8 Å². The van der Waals surface area contributed by atoms with E-state index < -0.39 is 0 Å². The van der Waals surface area contributed by atoms with Crippen molar-refractivity contribution < 1.29 is 4.79 Å². The number of nitrogens with zero attached hydrogens (tertiary/aromatic N) is 3. The molecule has 0 aromatic carbocycles. The molecular weight excluding hydrogens is 290 g/mol. The molecule has 6 nitrogen and oxygen atoms in total. The number of aryl methyl sites for hydroxylation is 1. The summed E-state index contributed by atoms with van der Waals surface area (Å²) < 4.78 is 1.68. The molecule has 1 fully saturated rings. The zero-order chi connectivity index (χ0) is 14.4. The summed E-state index contributed by atoms with van der Waals surface area (Å²) in [6, 6.07) is 0. The molecule has 2 unspecified atom stereocenters. The van der Waals surface area contributed by atoms with E-state index in [0.717, 1.165) is 18.9 Å². The standard InChI is InChI=1S/C14H25N5O.ClH/c1-11(12-4-3-6-15-9-12)8-14(20)16-7-5-13-17-10-19(2)18-13;/h10-12,15H,3-9H2,1-2H3,(H,16,20);1H. The fourth-order valence-corrected chi connectivity index (χ4v) is 2.71. The van der Waals surface area contributed by atoms with Gasteiger partial charge in [0.25, 0.3) is 0 Å². The Morgan fingerprint density at radius 2 is 2.43 bits per heavy atom. The second-order valence-corrected chi connectivity index (χ2v) is 5.72. The van der Waals surface area contributed by atoms with Gasteiger partial charge >= 0.3 is 0 Å². The van der Waals surface area contributed by atoms with Gasteiger partial charge in [-0.05, 0) is 37.8 Å². The third-order valence-corrected chi connectivity index (χ3v) is 3.96. The van der Waals surface area contributed by atoms with Crippen LogP contribution in [-0.4, -0.2) is 40.3 Å². The largest absolute Gasteiger partial charge is 0.356 e. The van der Waals surface area contributed by atoms with Crippen LogP contribution in [0, 0.1) is 11.8 Å². The minimum atomic E-state index is 0. The molecule has 2 N–H and O–H groups in total. The lowest BCUT2D eigenvalue weighted by atomic mass is 9.85. The van der Waals surface area contributed by atoms with Crippen molar-refractivity contribution in [2.45, 2.75) is 32.6 Å². The second-order valence-electron chi connectivity index (χ2n) is 5.72. The average molecular weight is 316 g/mol. The third-order valence-electron chi connectivity index (χ3n) is 3.96. The van der Waals surface area contributed by atoms with Crippen LogP contribution >= 0.6 is 12.4 Å². The van der Waals surface area contributed by atoms with Crippen LogP contribution in [0.15, 0.2) is 6.33 Å². The number of carbonyl (C=O) groups is 1. The quantitative estimate of drug-likeness (QED) is 0.819. The average Bonchev–Trinajstić information content (AvgIpc) is 2.85. The van der Waals surface area contributed by atoms with E-state index in [9.17, 15) is 4.79 Å².